The molecule has 0 amide bonds. The smallest absolute Gasteiger partial charge is 0.128 e. The highest BCUT2D eigenvalue weighted by atomic mass is 35.5. The summed E-state index contributed by atoms with van der Waals surface area (Å²) in [5, 5.41) is 4.08. The van der Waals surface area contributed by atoms with E-state index in [0.717, 1.165) is 28.5 Å². The number of aryl methyl sites for hydroxylation is 1. The van der Waals surface area contributed by atoms with Crippen molar-refractivity contribution >= 4 is 17.4 Å². The number of halogens is 1. The Labute approximate surface area is 89.0 Å². The first-order chi connectivity index (χ1) is 6.65. The molecule has 1 heterocycles. The van der Waals surface area contributed by atoms with Crippen LogP contribution in [0.2, 0.25) is 5.02 Å². The molecule has 1 aromatic rings. The normalized spacial score (nSPS) is 20.5. The molecule has 0 fully saturated rings. The van der Waals surface area contributed by atoms with Gasteiger partial charge in [-0.25, -0.2) is 0 Å². The first-order valence-electron chi connectivity index (χ1n) is 4.74. The minimum absolute atomic E-state index is 0.435. The molecule has 0 aliphatic carbocycles. The van der Waals surface area contributed by atoms with Crippen LogP contribution >= 0.6 is 11.6 Å². The van der Waals surface area contributed by atoms with Crippen LogP contribution in [0.4, 0.5) is 0 Å². The fourth-order valence-corrected chi connectivity index (χ4v) is 1.89. The summed E-state index contributed by atoms with van der Waals surface area (Å²) in [5.41, 5.74) is 2.25. The zero-order chi connectivity index (χ0) is 10.1. The highest BCUT2D eigenvalue weighted by Gasteiger charge is 2.14. The Balaban J connectivity index is 2.33. The third-order valence-electron chi connectivity index (χ3n) is 2.22. The minimum Gasteiger partial charge on any atom is -0.366 e. The van der Waals surface area contributed by atoms with E-state index >= 15 is 0 Å². The zero-order valence-corrected chi connectivity index (χ0v) is 9.10. The molecule has 0 radical (unpaired) electrons. The van der Waals surface area contributed by atoms with Crippen LogP contribution in [0.3, 0.4) is 0 Å². The Kier molecular flexibility index (Phi) is 2.46. The van der Waals surface area contributed by atoms with E-state index in [2.05, 4.69) is 23.3 Å². The van der Waals surface area contributed by atoms with Crippen molar-refractivity contribution < 1.29 is 0 Å². The van der Waals surface area contributed by atoms with Crippen LogP contribution in [-0.2, 0) is 0 Å². The Morgan fingerprint density at radius 2 is 2.21 bits per heavy atom. The number of nitrogens with one attached hydrogen (secondary N) is 1. The number of benzene rings is 1. The number of amidine groups is 1. The van der Waals surface area contributed by atoms with Crippen LogP contribution in [0.1, 0.15) is 18.1 Å². The Morgan fingerprint density at radius 3 is 2.79 bits per heavy atom. The lowest BCUT2D eigenvalue weighted by atomic mass is 10.1. The predicted molar refractivity (Wildman–Crippen MR) is 60.2 cm³/mol. The Bertz CT molecular complexity index is 365. The Hall–Kier alpha value is -1.02. The molecule has 1 aliphatic rings. The van der Waals surface area contributed by atoms with Gasteiger partial charge < -0.3 is 5.32 Å². The van der Waals surface area contributed by atoms with E-state index in [0.29, 0.717) is 6.04 Å². The van der Waals surface area contributed by atoms with E-state index in [9.17, 15) is 0 Å². The van der Waals surface area contributed by atoms with Gasteiger partial charge >= 0.3 is 0 Å². The van der Waals surface area contributed by atoms with E-state index in [-0.39, 0.29) is 0 Å². The van der Waals surface area contributed by atoms with Crippen molar-refractivity contribution in [3.8, 4) is 0 Å². The minimum atomic E-state index is 0.435. The molecule has 0 saturated carbocycles. The van der Waals surface area contributed by atoms with Gasteiger partial charge in [-0.1, -0.05) is 11.6 Å². The summed E-state index contributed by atoms with van der Waals surface area (Å²) in [4.78, 5) is 4.42. The highest BCUT2D eigenvalue weighted by Crippen LogP contribution is 2.16. The molecule has 0 spiro atoms. The van der Waals surface area contributed by atoms with E-state index in [1.807, 2.05) is 19.1 Å². The second-order valence-corrected chi connectivity index (χ2v) is 4.19. The summed E-state index contributed by atoms with van der Waals surface area (Å²) in [5.74, 6) is 0.961. The van der Waals surface area contributed by atoms with E-state index in [1.54, 1.807) is 0 Å². The van der Waals surface area contributed by atoms with Crippen molar-refractivity contribution in [2.45, 2.75) is 19.9 Å². The molecule has 74 valence electrons. The van der Waals surface area contributed by atoms with Crippen LogP contribution in [0.15, 0.2) is 23.2 Å². The third kappa shape index (κ3) is 1.90. The van der Waals surface area contributed by atoms with E-state index in [1.165, 1.54) is 0 Å². The number of aliphatic imine (C=N–C) groups is 1. The number of hydrogen-bond acceptors (Lipinski definition) is 2. The summed E-state index contributed by atoms with van der Waals surface area (Å²) in [6, 6.07) is 6.42. The number of nitrogens with zero attached hydrogens (tertiary/aromatic N) is 1. The van der Waals surface area contributed by atoms with Crippen molar-refractivity contribution in [3.05, 3.63) is 34.3 Å². The van der Waals surface area contributed by atoms with Crippen LogP contribution in [0, 0.1) is 6.92 Å². The quantitative estimate of drug-likeness (QED) is 0.753. The molecule has 1 atom stereocenters. The summed E-state index contributed by atoms with van der Waals surface area (Å²) < 4.78 is 0. The van der Waals surface area contributed by atoms with E-state index in [4.69, 9.17) is 11.6 Å². The maximum absolute atomic E-state index is 5.98. The molecule has 0 bridgehead atoms. The topological polar surface area (TPSA) is 24.4 Å². The molecule has 2 nitrogen and oxygen atoms in total. The maximum Gasteiger partial charge on any atom is 0.128 e. The summed E-state index contributed by atoms with van der Waals surface area (Å²) in [6.45, 7) is 5.00. The van der Waals surface area contributed by atoms with Crippen molar-refractivity contribution in [2.24, 2.45) is 4.99 Å². The van der Waals surface area contributed by atoms with Gasteiger partial charge in [0, 0.05) is 16.6 Å². The van der Waals surface area contributed by atoms with Crippen LogP contribution in [-0.4, -0.2) is 18.4 Å². The molecule has 0 aromatic heterocycles. The predicted octanol–water partition coefficient (Wildman–Crippen LogP) is 2.39. The fraction of sp³-hybridized carbons (Fsp3) is 0.364. The van der Waals surface area contributed by atoms with Crippen molar-refractivity contribution in [1.82, 2.24) is 5.32 Å². The van der Waals surface area contributed by atoms with Gasteiger partial charge in [-0.3, -0.25) is 4.99 Å². The first-order valence-corrected chi connectivity index (χ1v) is 5.11. The van der Waals surface area contributed by atoms with Gasteiger partial charge in [-0.05, 0) is 37.6 Å². The molecule has 14 heavy (non-hydrogen) atoms. The molecule has 1 aliphatic heterocycles. The zero-order valence-electron chi connectivity index (χ0n) is 8.34. The van der Waals surface area contributed by atoms with Gasteiger partial charge in [0.15, 0.2) is 0 Å². The molecule has 1 aromatic carbocycles. The van der Waals surface area contributed by atoms with Gasteiger partial charge in [0.25, 0.3) is 0 Å². The monoisotopic (exact) mass is 208 g/mol. The second kappa shape index (κ2) is 3.62. The van der Waals surface area contributed by atoms with Crippen LogP contribution < -0.4 is 5.32 Å². The number of hydrogen-bond donors (Lipinski definition) is 1. The Morgan fingerprint density at radius 1 is 1.43 bits per heavy atom. The summed E-state index contributed by atoms with van der Waals surface area (Å²) >= 11 is 5.98. The van der Waals surface area contributed by atoms with Crippen molar-refractivity contribution in [2.75, 3.05) is 6.54 Å². The first kappa shape index (κ1) is 9.53. The summed E-state index contributed by atoms with van der Waals surface area (Å²) in [7, 11) is 0. The number of rotatable bonds is 1. The maximum atomic E-state index is 5.98. The van der Waals surface area contributed by atoms with Gasteiger partial charge in [-0.2, -0.15) is 0 Å². The van der Waals surface area contributed by atoms with Gasteiger partial charge in [-0.15, -0.1) is 0 Å². The van der Waals surface area contributed by atoms with Crippen LogP contribution in [0.25, 0.3) is 0 Å². The van der Waals surface area contributed by atoms with Crippen molar-refractivity contribution in [1.29, 1.82) is 0 Å². The lowest BCUT2D eigenvalue weighted by Crippen LogP contribution is -2.27. The molecular formula is C11H13ClN2. The van der Waals surface area contributed by atoms with Crippen LogP contribution in [0.5, 0.6) is 0 Å². The largest absolute Gasteiger partial charge is 0.366 e. The van der Waals surface area contributed by atoms with Gasteiger partial charge in [0.2, 0.25) is 0 Å². The van der Waals surface area contributed by atoms with Gasteiger partial charge in [0.1, 0.15) is 5.84 Å². The third-order valence-corrected chi connectivity index (χ3v) is 2.44. The lowest BCUT2D eigenvalue weighted by molar-refractivity contribution is 0.726. The SMILES string of the molecule is Cc1cc(Cl)cc(C2=NCC(C)N2)c1. The molecule has 3 heteroatoms. The van der Waals surface area contributed by atoms with Gasteiger partial charge in [0.05, 0.1) is 6.54 Å². The lowest BCUT2D eigenvalue weighted by Gasteiger charge is -2.07. The molecule has 1 N–H and O–H groups in total. The average molecular weight is 209 g/mol. The standard InChI is InChI=1S/C11H13ClN2/c1-7-3-9(5-10(12)4-7)11-13-6-8(2)14-11/h3-5,8H,6H2,1-2H3,(H,13,14). The molecular weight excluding hydrogens is 196 g/mol. The molecule has 0 saturated heterocycles. The van der Waals surface area contributed by atoms with Crippen molar-refractivity contribution in [3.63, 3.8) is 0 Å². The van der Waals surface area contributed by atoms with E-state index < -0.39 is 0 Å². The highest BCUT2D eigenvalue weighted by molar-refractivity contribution is 6.31. The molecule has 1 unspecified atom stereocenters. The molecule has 2 rings (SSSR count). The average Bonchev–Trinajstić information content (AvgIpc) is 2.50. The fourth-order valence-electron chi connectivity index (χ4n) is 1.60. The summed E-state index contributed by atoms with van der Waals surface area (Å²) in [6.07, 6.45) is 0. The second-order valence-electron chi connectivity index (χ2n) is 3.75.